The van der Waals surface area contributed by atoms with Crippen LogP contribution in [0.4, 0.5) is 11.4 Å². The summed E-state index contributed by atoms with van der Waals surface area (Å²) < 4.78 is 2.27. The Hall–Kier alpha value is -3.70. The Kier molecular flexibility index (Phi) is 7.84. The fraction of sp³-hybridized carbons (Fsp3) is 0.333. The molecular weight excluding hydrogens is 625 g/mol. The van der Waals surface area contributed by atoms with E-state index in [0.29, 0.717) is 12.0 Å². The average Bonchev–Trinajstić information content (AvgIpc) is 3.90. The predicted molar refractivity (Wildman–Crippen MR) is 193 cm³/mol. The van der Waals surface area contributed by atoms with Crippen LogP contribution >= 0.6 is 34.0 Å². The number of fused-ring (bicyclic) bond motifs is 8. The molecule has 4 atom stereocenters. The van der Waals surface area contributed by atoms with Crippen molar-refractivity contribution < 1.29 is 9.90 Å². The minimum Gasteiger partial charge on any atom is -0.477 e. The first kappa shape index (κ1) is 29.7. The van der Waals surface area contributed by atoms with Crippen molar-refractivity contribution in [1.82, 2.24) is 0 Å². The van der Waals surface area contributed by atoms with Gasteiger partial charge in [0, 0.05) is 52.2 Å². The summed E-state index contributed by atoms with van der Waals surface area (Å²) in [5.41, 5.74) is 6.75. The van der Waals surface area contributed by atoms with Gasteiger partial charge in [0.05, 0.1) is 0 Å². The zero-order valence-corrected chi connectivity index (χ0v) is 28.3. The Morgan fingerprint density at radius 1 is 0.957 bits per heavy atom. The van der Waals surface area contributed by atoms with Crippen LogP contribution in [0.1, 0.15) is 73.8 Å². The molecule has 2 aliphatic carbocycles. The number of aliphatic carboxylic acids is 1. The topological polar surface area (TPSA) is 64.3 Å². The minimum absolute atomic E-state index is 0.235. The van der Waals surface area contributed by atoms with Gasteiger partial charge in [-0.1, -0.05) is 56.5 Å². The van der Waals surface area contributed by atoms with Gasteiger partial charge >= 0.3 is 5.97 Å². The Bertz CT molecular complexity index is 1970. The molecule has 2 fully saturated rings. The lowest BCUT2D eigenvalue weighted by atomic mass is 9.82. The van der Waals surface area contributed by atoms with Gasteiger partial charge in [0.25, 0.3) is 0 Å². The van der Waals surface area contributed by atoms with E-state index in [9.17, 15) is 15.2 Å². The fourth-order valence-corrected chi connectivity index (χ4v) is 12.0. The first-order chi connectivity index (χ1) is 22.5. The van der Waals surface area contributed by atoms with Crippen molar-refractivity contribution in [2.24, 2.45) is 11.8 Å². The third-order valence-electron chi connectivity index (χ3n) is 10.4. The molecule has 1 aliphatic heterocycles. The van der Waals surface area contributed by atoms with Crippen LogP contribution in [0.15, 0.2) is 72.3 Å². The molecule has 4 heterocycles. The molecule has 4 unspecified atom stereocenters. The van der Waals surface area contributed by atoms with E-state index in [1.165, 1.54) is 88.2 Å². The van der Waals surface area contributed by atoms with Crippen LogP contribution in [-0.2, 0) is 11.2 Å². The van der Waals surface area contributed by atoms with Crippen molar-refractivity contribution in [2.75, 3.05) is 4.90 Å². The van der Waals surface area contributed by atoms with E-state index >= 15 is 0 Å². The molecule has 2 bridgehead atoms. The standard InChI is InChI=1S/C39H36N2O2S3/c1-2-3-4-5-8-26-19-32(46-38(26)35-21-34-33(45-35)20-29(44-34)18-27(22-40)39(42)43)23-13-15-28(16-14-23)41-31-10-7-6-9-30(31)36-24-11-12-25(17-24)37(36)41/h6-7,9-10,13-16,18-21,24-25,36-37H,2-5,8,11-12,17H2,1H3,(H,42,43)/b27-18+. The van der Waals surface area contributed by atoms with E-state index in [2.05, 4.69) is 72.5 Å². The second kappa shape index (κ2) is 12.2. The zero-order valence-electron chi connectivity index (χ0n) is 25.9. The molecular formula is C39H36N2O2S3. The third kappa shape index (κ3) is 5.12. The van der Waals surface area contributed by atoms with Gasteiger partial charge in [0.1, 0.15) is 11.6 Å². The molecule has 232 valence electrons. The molecule has 2 saturated carbocycles. The molecule has 0 saturated heterocycles. The highest BCUT2D eigenvalue weighted by Crippen LogP contribution is 2.62. The van der Waals surface area contributed by atoms with E-state index in [-0.39, 0.29) is 5.57 Å². The van der Waals surface area contributed by atoms with Crippen molar-refractivity contribution >= 4 is 66.8 Å². The van der Waals surface area contributed by atoms with Gasteiger partial charge in [0.15, 0.2) is 0 Å². The third-order valence-corrected chi connectivity index (χ3v) is 14.0. The SMILES string of the molecule is CCCCCCc1cc(-c2ccc(N3c4ccccc4C4C5CCC(C5)C43)cc2)sc1-c1cc2sc(/C=C(\C#N)C(=O)O)cc2s1. The number of carboxylic acid groups (broad SMARTS) is 1. The van der Waals surface area contributed by atoms with Gasteiger partial charge < -0.3 is 10.0 Å². The highest BCUT2D eigenvalue weighted by atomic mass is 32.1. The van der Waals surface area contributed by atoms with E-state index in [0.717, 1.165) is 32.5 Å². The van der Waals surface area contributed by atoms with Crippen molar-refractivity contribution in [3.05, 3.63) is 88.3 Å². The number of benzene rings is 2. The Balaban J connectivity index is 1.10. The quantitative estimate of drug-likeness (QED) is 0.0920. The smallest absolute Gasteiger partial charge is 0.346 e. The number of hydrogen-bond donors (Lipinski definition) is 1. The lowest BCUT2D eigenvalue weighted by Gasteiger charge is -2.33. The summed E-state index contributed by atoms with van der Waals surface area (Å²) in [7, 11) is 0. The fourth-order valence-electron chi connectivity index (χ4n) is 8.35. The number of unbranched alkanes of at least 4 members (excludes halogenated alkanes) is 3. The number of nitrogens with zero attached hydrogens (tertiary/aromatic N) is 2. The lowest BCUT2D eigenvalue weighted by molar-refractivity contribution is -0.132. The van der Waals surface area contributed by atoms with Crippen molar-refractivity contribution in [2.45, 2.75) is 70.3 Å². The highest BCUT2D eigenvalue weighted by Gasteiger charge is 2.55. The van der Waals surface area contributed by atoms with Crippen LogP contribution in [0.3, 0.4) is 0 Å². The van der Waals surface area contributed by atoms with E-state index in [4.69, 9.17) is 0 Å². The Morgan fingerprint density at radius 3 is 2.54 bits per heavy atom. The number of nitriles is 1. The number of thiophene rings is 3. The monoisotopic (exact) mass is 660 g/mol. The van der Waals surface area contributed by atoms with E-state index in [1.54, 1.807) is 34.3 Å². The van der Waals surface area contributed by atoms with Crippen molar-refractivity contribution in [3.8, 4) is 26.3 Å². The molecule has 5 aromatic rings. The van der Waals surface area contributed by atoms with Crippen LogP contribution in [-0.4, -0.2) is 17.1 Å². The van der Waals surface area contributed by atoms with Crippen molar-refractivity contribution in [1.29, 1.82) is 5.26 Å². The maximum Gasteiger partial charge on any atom is 0.346 e. The Morgan fingerprint density at radius 2 is 1.76 bits per heavy atom. The summed E-state index contributed by atoms with van der Waals surface area (Å²) in [6.07, 6.45) is 11.6. The highest BCUT2D eigenvalue weighted by molar-refractivity contribution is 7.31. The summed E-state index contributed by atoms with van der Waals surface area (Å²) in [5.74, 6) is 1.14. The first-order valence-electron chi connectivity index (χ1n) is 16.5. The molecule has 46 heavy (non-hydrogen) atoms. The van der Waals surface area contributed by atoms with E-state index in [1.807, 2.05) is 17.4 Å². The molecule has 3 aliphatic rings. The van der Waals surface area contributed by atoms with E-state index < -0.39 is 5.97 Å². The number of carboxylic acids is 1. The molecule has 0 amide bonds. The molecule has 2 aromatic carbocycles. The molecule has 0 spiro atoms. The molecule has 8 rings (SSSR count). The largest absolute Gasteiger partial charge is 0.477 e. The van der Waals surface area contributed by atoms with Crippen LogP contribution < -0.4 is 4.90 Å². The second-order valence-electron chi connectivity index (χ2n) is 13.1. The number of para-hydroxylation sites is 1. The van der Waals surface area contributed by atoms with Gasteiger partial charge in [-0.25, -0.2) is 4.79 Å². The number of aryl methyl sites for hydroxylation is 1. The summed E-state index contributed by atoms with van der Waals surface area (Å²) in [6.45, 7) is 2.26. The summed E-state index contributed by atoms with van der Waals surface area (Å²) >= 11 is 5.20. The normalized spacial score (nSPS) is 21.6. The number of anilines is 2. The summed E-state index contributed by atoms with van der Waals surface area (Å²) in [4.78, 5) is 18.7. The Labute approximate surface area is 282 Å². The molecule has 7 heteroatoms. The maximum atomic E-state index is 11.3. The molecule has 3 aromatic heterocycles. The summed E-state index contributed by atoms with van der Waals surface area (Å²) in [6, 6.07) is 27.6. The number of carbonyl (C=O) groups is 1. The first-order valence-corrected chi connectivity index (χ1v) is 19.0. The van der Waals surface area contributed by atoms with Gasteiger partial charge in [-0.15, -0.1) is 34.0 Å². The number of rotatable bonds is 10. The molecule has 0 radical (unpaired) electrons. The predicted octanol–water partition coefficient (Wildman–Crippen LogP) is 11.5. The molecule has 4 nitrogen and oxygen atoms in total. The van der Waals surface area contributed by atoms with Gasteiger partial charge in [-0.05, 0) is 103 Å². The van der Waals surface area contributed by atoms with Crippen LogP contribution in [0.25, 0.3) is 35.7 Å². The van der Waals surface area contributed by atoms with Gasteiger partial charge in [0.2, 0.25) is 0 Å². The second-order valence-corrected chi connectivity index (χ2v) is 16.3. The van der Waals surface area contributed by atoms with Crippen LogP contribution in [0.2, 0.25) is 0 Å². The van der Waals surface area contributed by atoms with Gasteiger partial charge in [-0.3, -0.25) is 0 Å². The maximum absolute atomic E-state index is 11.3. The average molecular weight is 661 g/mol. The van der Waals surface area contributed by atoms with Crippen LogP contribution in [0.5, 0.6) is 0 Å². The van der Waals surface area contributed by atoms with Crippen LogP contribution in [0, 0.1) is 23.2 Å². The zero-order chi connectivity index (χ0) is 31.4. The number of hydrogen-bond acceptors (Lipinski definition) is 6. The van der Waals surface area contributed by atoms with Gasteiger partial charge in [-0.2, -0.15) is 5.26 Å². The summed E-state index contributed by atoms with van der Waals surface area (Å²) in [5, 5.41) is 18.4. The molecule has 1 N–H and O–H groups in total. The minimum atomic E-state index is -1.19. The lowest BCUT2D eigenvalue weighted by Crippen LogP contribution is -2.35. The van der Waals surface area contributed by atoms with Crippen molar-refractivity contribution in [3.63, 3.8) is 0 Å².